The molecule has 1 aromatic heterocycles. The lowest BCUT2D eigenvalue weighted by Crippen LogP contribution is -2.23. The maximum atomic E-state index is 11.3. The molecule has 1 aliphatic carbocycles. The van der Waals surface area contributed by atoms with Gasteiger partial charge in [0.2, 0.25) is 0 Å². The summed E-state index contributed by atoms with van der Waals surface area (Å²) < 4.78 is 4.73. The van der Waals surface area contributed by atoms with Gasteiger partial charge in [-0.2, -0.15) is 5.10 Å². The Balaban J connectivity index is 0.000000606. The van der Waals surface area contributed by atoms with Crippen LogP contribution >= 0.6 is 0 Å². The van der Waals surface area contributed by atoms with Crippen molar-refractivity contribution in [3.63, 3.8) is 0 Å². The molecule has 4 heteroatoms. The molecule has 0 aliphatic heterocycles. The van der Waals surface area contributed by atoms with Gasteiger partial charge in [0.25, 0.3) is 0 Å². The van der Waals surface area contributed by atoms with E-state index in [1.54, 1.807) is 0 Å². The van der Waals surface area contributed by atoms with Gasteiger partial charge in [-0.05, 0) is 25.3 Å². The number of esters is 1. The highest BCUT2D eigenvalue weighted by atomic mass is 16.5. The third-order valence-corrected chi connectivity index (χ3v) is 2.88. The molecule has 0 spiro atoms. The summed E-state index contributed by atoms with van der Waals surface area (Å²) in [6, 6.07) is 0. The van der Waals surface area contributed by atoms with E-state index in [4.69, 9.17) is 4.74 Å². The number of carbonyl (C=O) groups excluding carboxylic acids is 1. The first kappa shape index (κ1) is 12.7. The van der Waals surface area contributed by atoms with Crippen LogP contribution in [0, 0.1) is 12.8 Å². The topological polar surface area (TPSA) is 55.0 Å². The molecule has 0 aromatic carbocycles. The van der Waals surface area contributed by atoms with E-state index in [9.17, 15) is 4.79 Å². The molecule has 0 fully saturated rings. The van der Waals surface area contributed by atoms with Crippen LogP contribution in [-0.2, 0) is 22.4 Å². The van der Waals surface area contributed by atoms with E-state index in [-0.39, 0.29) is 11.9 Å². The predicted octanol–water partition coefficient (Wildman–Crippen LogP) is 2.02. The van der Waals surface area contributed by atoms with Gasteiger partial charge < -0.3 is 4.74 Å². The number of methoxy groups -OCH3 is 1. The minimum absolute atomic E-state index is 0.00444. The number of H-pyrrole nitrogens is 1. The molecule has 1 heterocycles. The largest absolute Gasteiger partial charge is 0.469 e. The van der Waals surface area contributed by atoms with Gasteiger partial charge in [-0.25, -0.2) is 0 Å². The number of fused-ring (bicyclic) bond motifs is 1. The van der Waals surface area contributed by atoms with Gasteiger partial charge in [-0.1, -0.05) is 13.8 Å². The number of ether oxygens (including phenoxy) is 1. The van der Waals surface area contributed by atoms with Crippen LogP contribution in [0.4, 0.5) is 0 Å². The molecule has 1 atom stereocenters. The van der Waals surface area contributed by atoms with Gasteiger partial charge in [0.15, 0.2) is 0 Å². The second kappa shape index (κ2) is 5.68. The number of nitrogens with one attached hydrogen (secondary N) is 1. The summed E-state index contributed by atoms with van der Waals surface area (Å²) in [6.07, 6.45) is 2.52. The van der Waals surface area contributed by atoms with E-state index in [2.05, 4.69) is 10.2 Å². The van der Waals surface area contributed by atoms with Gasteiger partial charge in [0.1, 0.15) is 0 Å². The second-order valence-electron chi connectivity index (χ2n) is 3.74. The van der Waals surface area contributed by atoms with E-state index < -0.39 is 0 Å². The molecule has 0 radical (unpaired) electrons. The van der Waals surface area contributed by atoms with Crippen molar-refractivity contribution in [2.75, 3.05) is 7.11 Å². The Kier molecular flexibility index (Phi) is 4.52. The van der Waals surface area contributed by atoms with Crippen LogP contribution in [0.3, 0.4) is 0 Å². The minimum atomic E-state index is -0.115. The number of nitrogens with zero attached hydrogens (tertiary/aromatic N) is 1. The summed E-state index contributed by atoms with van der Waals surface area (Å²) in [5.74, 6) is -0.119. The molecule has 0 amide bonds. The van der Waals surface area contributed by atoms with Crippen LogP contribution in [-0.4, -0.2) is 23.3 Å². The first-order valence-corrected chi connectivity index (χ1v) is 5.83. The van der Waals surface area contributed by atoms with E-state index >= 15 is 0 Å². The highest BCUT2D eigenvalue weighted by Crippen LogP contribution is 2.26. The number of hydrogen-bond acceptors (Lipinski definition) is 3. The fourth-order valence-electron chi connectivity index (χ4n) is 2.03. The molecular weight excluding hydrogens is 204 g/mol. The summed E-state index contributed by atoms with van der Waals surface area (Å²) in [7, 11) is 1.44. The molecule has 4 nitrogen and oxygen atoms in total. The summed E-state index contributed by atoms with van der Waals surface area (Å²) in [6.45, 7) is 6.02. The lowest BCUT2D eigenvalue weighted by molar-refractivity contribution is -0.145. The fraction of sp³-hybridized carbons (Fsp3) is 0.667. The van der Waals surface area contributed by atoms with Crippen LogP contribution < -0.4 is 0 Å². The van der Waals surface area contributed by atoms with E-state index in [1.807, 2.05) is 20.8 Å². The van der Waals surface area contributed by atoms with E-state index in [1.165, 1.54) is 12.7 Å². The first-order valence-electron chi connectivity index (χ1n) is 5.83. The van der Waals surface area contributed by atoms with E-state index in [0.29, 0.717) is 6.42 Å². The standard InChI is InChI=1S/C10H14N2O2.C2H6/c1-6-8-4-3-7(10(13)14-2)5-9(8)12-11-6;1-2/h7H,3-5H2,1-2H3,(H,11,12);1-2H3. The van der Waals surface area contributed by atoms with Crippen LogP contribution in [0.2, 0.25) is 0 Å². The van der Waals surface area contributed by atoms with Gasteiger partial charge in [-0.3, -0.25) is 9.89 Å². The second-order valence-corrected chi connectivity index (χ2v) is 3.74. The molecule has 2 rings (SSSR count). The monoisotopic (exact) mass is 224 g/mol. The zero-order chi connectivity index (χ0) is 12.1. The van der Waals surface area contributed by atoms with Crippen molar-refractivity contribution in [3.8, 4) is 0 Å². The normalized spacial score (nSPS) is 18.1. The Hall–Kier alpha value is -1.32. The van der Waals surface area contributed by atoms with Crippen molar-refractivity contribution < 1.29 is 9.53 Å². The third-order valence-electron chi connectivity index (χ3n) is 2.88. The number of aryl methyl sites for hydroxylation is 1. The zero-order valence-corrected chi connectivity index (χ0v) is 10.5. The predicted molar refractivity (Wildman–Crippen MR) is 62.2 cm³/mol. The maximum Gasteiger partial charge on any atom is 0.309 e. The van der Waals surface area contributed by atoms with Crippen LogP contribution in [0.5, 0.6) is 0 Å². The van der Waals surface area contributed by atoms with Gasteiger partial charge in [0, 0.05) is 12.1 Å². The van der Waals surface area contributed by atoms with Gasteiger partial charge in [0.05, 0.1) is 18.7 Å². The van der Waals surface area contributed by atoms with Crippen molar-refractivity contribution in [2.24, 2.45) is 5.92 Å². The molecule has 1 N–H and O–H groups in total. The molecular formula is C12H20N2O2. The van der Waals surface area contributed by atoms with Crippen molar-refractivity contribution in [1.82, 2.24) is 10.2 Å². The van der Waals surface area contributed by atoms with Crippen molar-refractivity contribution in [1.29, 1.82) is 0 Å². The number of aromatic nitrogens is 2. The van der Waals surface area contributed by atoms with Crippen LogP contribution in [0.25, 0.3) is 0 Å². The molecule has 1 aliphatic rings. The number of aromatic amines is 1. The Morgan fingerprint density at radius 2 is 2.19 bits per heavy atom. The van der Waals surface area contributed by atoms with Gasteiger partial charge in [-0.15, -0.1) is 0 Å². The summed E-state index contributed by atoms with van der Waals surface area (Å²) >= 11 is 0. The molecule has 0 saturated heterocycles. The SMILES string of the molecule is CC.COC(=O)C1CCc2c(n[nH]c2C)C1. The van der Waals surface area contributed by atoms with Crippen molar-refractivity contribution in [2.45, 2.75) is 40.0 Å². The third kappa shape index (κ3) is 2.43. The summed E-state index contributed by atoms with van der Waals surface area (Å²) in [4.78, 5) is 11.3. The number of hydrogen-bond donors (Lipinski definition) is 1. The smallest absolute Gasteiger partial charge is 0.309 e. The van der Waals surface area contributed by atoms with Gasteiger partial charge >= 0.3 is 5.97 Å². The number of rotatable bonds is 1. The lowest BCUT2D eigenvalue weighted by Gasteiger charge is -2.18. The minimum Gasteiger partial charge on any atom is -0.469 e. The summed E-state index contributed by atoms with van der Waals surface area (Å²) in [5, 5.41) is 7.14. The highest BCUT2D eigenvalue weighted by molar-refractivity contribution is 5.73. The molecule has 1 aromatic rings. The average Bonchev–Trinajstić information content (AvgIpc) is 2.72. The Morgan fingerprint density at radius 3 is 2.81 bits per heavy atom. The fourth-order valence-corrected chi connectivity index (χ4v) is 2.03. The molecule has 0 bridgehead atoms. The van der Waals surface area contributed by atoms with Crippen molar-refractivity contribution >= 4 is 5.97 Å². The number of carbonyl (C=O) groups is 1. The molecule has 0 saturated carbocycles. The molecule has 16 heavy (non-hydrogen) atoms. The Bertz CT molecular complexity index is 358. The molecule has 1 unspecified atom stereocenters. The maximum absolute atomic E-state index is 11.3. The highest BCUT2D eigenvalue weighted by Gasteiger charge is 2.27. The van der Waals surface area contributed by atoms with Crippen LogP contribution in [0.15, 0.2) is 0 Å². The molecule has 90 valence electrons. The zero-order valence-electron chi connectivity index (χ0n) is 10.5. The van der Waals surface area contributed by atoms with Crippen LogP contribution in [0.1, 0.15) is 37.2 Å². The Labute approximate surface area is 96.4 Å². The quantitative estimate of drug-likeness (QED) is 0.742. The Morgan fingerprint density at radius 1 is 1.50 bits per heavy atom. The van der Waals surface area contributed by atoms with E-state index in [0.717, 1.165) is 24.2 Å². The average molecular weight is 224 g/mol. The first-order chi connectivity index (χ1) is 7.72. The van der Waals surface area contributed by atoms with Crippen molar-refractivity contribution in [3.05, 3.63) is 17.0 Å². The summed E-state index contributed by atoms with van der Waals surface area (Å²) in [5.41, 5.74) is 3.44. The lowest BCUT2D eigenvalue weighted by atomic mass is 9.87.